The highest BCUT2D eigenvalue weighted by Crippen LogP contribution is 2.24. The third-order valence-electron chi connectivity index (χ3n) is 3.12. The summed E-state index contributed by atoms with van der Waals surface area (Å²) < 4.78 is 0. The minimum atomic E-state index is 0.564. The molecule has 0 spiro atoms. The molecule has 3 nitrogen and oxygen atoms in total. The molecule has 3 rings (SSSR count). The molecule has 1 aliphatic rings. The van der Waals surface area contributed by atoms with Crippen molar-refractivity contribution in [1.82, 2.24) is 9.97 Å². The summed E-state index contributed by atoms with van der Waals surface area (Å²) in [6.07, 6.45) is 6.96. The summed E-state index contributed by atoms with van der Waals surface area (Å²) in [5.74, 6) is 0.766. The Balaban J connectivity index is 1.79. The van der Waals surface area contributed by atoms with E-state index < -0.39 is 0 Å². The average Bonchev–Trinajstić information content (AvgIpc) is 3.01. The van der Waals surface area contributed by atoms with Crippen LogP contribution in [0.4, 0.5) is 5.95 Å². The third-order valence-corrected chi connectivity index (χ3v) is 4.01. The standard InChI is InChI=1S/C13H15N3S/c1-2-5-10(4-1)15-13-14-8-7-11(16-13)12-6-3-9-17-12/h3,6-10H,1-2,4-5H2,(H,14,15,16). The second-order valence-electron chi connectivity index (χ2n) is 4.37. The Labute approximate surface area is 105 Å². The van der Waals surface area contributed by atoms with Gasteiger partial charge >= 0.3 is 0 Å². The lowest BCUT2D eigenvalue weighted by molar-refractivity contribution is 0.744. The van der Waals surface area contributed by atoms with E-state index in [2.05, 4.69) is 26.7 Å². The maximum absolute atomic E-state index is 4.57. The van der Waals surface area contributed by atoms with Crippen LogP contribution < -0.4 is 5.32 Å². The lowest BCUT2D eigenvalue weighted by Gasteiger charge is -2.11. The van der Waals surface area contributed by atoms with Crippen LogP contribution in [0.1, 0.15) is 25.7 Å². The number of thiophene rings is 1. The molecule has 0 atom stereocenters. The minimum Gasteiger partial charge on any atom is -0.351 e. The number of rotatable bonds is 3. The first-order chi connectivity index (χ1) is 8.42. The van der Waals surface area contributed by atoms with E-state index in [1.165, 1.54) is 30.6 Å². The van der Waals surface area contributed by atoms with Crippen molar-refractivity contribution in [3.63, 3.8) is 0 Å². The monoisotopic (exact) mass is 245 g/mol. The van der Waals surface area contributed by atoms with E-state index in [-0.39, 0.29) is 0 Å². The number of aromatic nitrogens is 2. The van der Waals surface area contributed by atoms with Gasteiger partial charge < -0.3 is 5.32 Å². The Kier molecular flexibility index (Phi) is 3.05. The quantitative estimate of drug-likeness (QED) is 0.898. The number of nitrogens with zero attached hydrogens (tertiary/aromatic N) is 2. The van der Waals surface area contributed by atoms with Gasteiger partial charge in [-0.05, 0) is 30.4 Å². The highest BCUT2D eigenvalue weighted by Gasteiger charge is 2.15. The van der Waals surface area contributed by atoms with Crippen LogP contribution in [0.2, 0.25) is 0 Å². The molecule has 17 heavy (non-hydrogen) atoms. The van der Waals surface area contributed by atoms with Crippen molar-refractivity contribution < 1.29 is 0 Å². The Morgan fingerprint density at radius 3 is 2.88 bits per heavy atom. The van der Waals surface area contributed by atoms with Gasteiger partial charge in [0, 0.05) is 12.2 Å². The molecule has 1 aliphatic carbocycles. The molecule has 0 saturated heterocycles. The topological polar surface area (TPSA) is 37.8 Å². The third kappa shape index (κ3) is 2.47. The van der Waals surface area contributed by atoms with Gasteiger partial charge in [-0.3, -0.25) is 0 Å². The van der Waals surface area contributed by atoms with Gasteiger partial charge in [0.25, 0.3) is 0 Å². The maximum Gasteiger partial charge on any atom is 0.223 e. The first kappa shape index (κ1) is 10.7. The zero-order valence-electron chi connectivity index (χ0n) is 9.60. The van der Waals surface area contributed by atoms with E-state index in [0.717, 1.165) is 11.6 Å². The average molecular weight is 245 g/mol. The highest BCUT2D eigenvalue weighted by molar-refractivity contribution is 7.13. The molecular formula is C13H15N3S. The van der Waals surface area contributed by atoms with Crippen molar-refractivity contribution in [2.75, 3.05) is 5.32 Å². The van der Waals surface area contributed by atoms with Crippen LogP contribution in [0.15, 0.2) is 29.8 Å². The van der Waals surface area contributed by atoms with Crippen molar-refractivity contribution in [2.45, 2.75) is 31.7 Å². The normalized spacial score (nSPS) is 16.2. The summed E-state index contributed by atoms with van der Waals surface area (Å²) in [7, 11) is 0. The lowest BCUT2D eigenvalue weighted by atomic mass is 10.2. The Morgan fingerprint density at radius 2 is 2.12 bits per heavy atom. The fraction of sp³-hybridized carbons (Fsp3) is 0.385. The predicted octanol–water partition coefficient (Wildman–Crippen LogP) is 3.56. The number of anilines is 1. The van der Waals surface area contributed by atoms with Gasteiger partial charge in [-0.25, -0.2) is 9.97 Å². The van der Waals surface area contributed by atoms with Gasteiger partial charge in [-0.15, -0.1) is 11.3 Å². The van der Waals surface area contributed by atoms with Crippen LogP contribution in [-0.4, -0.2) is 16.0 Å². The molecule has 2 aromatic heterocycles. The molecule has 1 saturated carbocycles. The Hall–Kier alpha value is -1.42. The first-order valence-corrected chi connectivity index (χ1v) is 6.93. The molecule has 1 fully saturated rings. The lowest BCUT2D eigenvalue weighted by Crippen LogP contribution is -2.16. The zero-order chi connectivity index (χ0) is 11.5. The second-order valence-corrected chi connectivity index (χ2v) is 5.32. The molecule has 0 aliphatic heterocycles. The SMILES string of the molecule is c1csc(-c2ccnc(NC3CCCC3)n2)c1. The van der Waals surface area contributed by atoms with Gasteiger partial charge in [0.15, 0.2) is 0 Å². The van der Waals surface area contributed by atoms with Gasteiger partial charge in [-0.2, -0.15) is 0 Å². The molecule has 2 heterocycles. The molecule has 0 radical (unpaired) electrons. The van der Waals surface area contributed by atoms with Gasteiger partial charge in [-0.1, -0.05) is 18.9 Å². The zero-order valence-corrected chi connectivity index (χ0v) is 10.4. The molecule has 0 bridgehead atoms. The van der Waals surface area contributed by atoms with Crippen molar-refractivity contribution >= 4 is 17.3 Å². The molecule has 0 aromatic carbocycles. The van der Waals surface area contributed by atoms with E-state index >= 15 is 0 Å². The summed E-state index contributed by atoms with van der Waals surface area (Å²) in [6.45, 7) is 0. The summed E-state index contributed by atoms with van der Waals surface area (Å²) in [5, 5.41) is 5.50. The van der Waals surface area contributed by atoms with E-state index in [1.54, 1.807) is 11.3 Å². The fourth-order valence-corrected chi connectivity index (χ4v) is 2.94. The van der Waals surface area contributed by atoms with Gasteiger partial charge in [0.2, 0.25) is 5.95 Å². The van der Waals surface area contributed by atoms with E-state index in [0.29, 0.717) is 6.04 Å². The van der Waals surface area contributed by atoms with Crippen molar-refractivity contribution in [3.8, 4) is 10.6 Å². The molecule has 4 heteroatoms. The summed E-state index contributed by atoms with van der Waals surface area (Å²) in [6, 6.07) is 6.66. The minimum absolute atomic E-state index is 0.564. The number of hydrogen-bond donors (Lipinski definition) is 1. The summed E-state index contributed by atoms with van der Waals surface area (Å²) >= 11 is 1.71. The van der Waals surface area contributed by atoms with Gasteiger partial charge in [0.1, 0.15) is 0 Å². The number of nitrogens with one attached hydrogen (secondary N) is 1. The molecular weight excluding hydrogens is 230 g/mol. The van der Waals surface area contributed by atoms with Crippen LogP contribution in [-0.2, 0) is 0 Å². The van der Waals surface area contributed by atoms with Crippen LogP contribution in [0.3, 0.4) is 0 Å². The Bertz CT molecular complexity index is 475. The van der Waals surface area contributed by atoms with Crippen LogP contribution >= 0.6 is 11.3 Å². The van der Waals surface area contributed by atoms with Crippen LogP contribution in [0.5, 0.6) is 0 Å². The largest absolute Gasteiger partial charge is 0.351 e. The molecule has 2 aromatic rings. The fourth-order valence-electron chi connectivity index (χ4n) is 2.24. The van der Waals surface area contributed by atoms with E-state index in [9.17, 15) is 0 Å². The van der Waals surface area contributed by atoms with Crippen LogP contribution in [0.25, 0.3) is 10.6 Å². The van der Waals surface area contributed by atoms with E-state index in [4.69, 9.17) is 0 Å². The molecule has 0 amide bonds. The Morgan fingerprint density at radius 1 is 1.24 bits per heavy atom. The molecule has 0 unspecified atom stereocenters. The van der Waals surface area contributed by atoms with Crippen molar-refractivity contribution in [3.05, 3.63) is 29.8 Å². The smallest absolute Gasteiger partial charge is 0.223 e. The summed E-state index contributed by atoms with van der Waals surface area (Å²) in [5.41, 5.74) is 1.01. The second kappa shape index (κ2) is 4.84. The van der Waals surface area contributed by atoms with Crippen LogP contribution in [0, 0.1) is 0 Å². The van der Waals surface area contributed by atoms with Gasteiger partial charge in [0.05, 0.1) is 10.6 Å². The van der Waals surface area contributed by atoms with E-state index in [1.807, 2.05) is 18.3 Å². The summed E-state index contributed by atoms with van der Waals surface area (Å²) in [4.78, 5) is 10.1. The predicted molar refractivity (Wildman–Crippen MR) is 71.2 cm³/mol. The number of hydrogen-bond acceptors (Lipinski definition) is 4. The maximum atomic E-state index is 4.57. The van der Waals surface area contributed by atoms with Crippen molar-refractivity contribution in [1.29, 1.82) is 0 Å². The molecule has 1 N–H and O–H groups in total. The first-order valence-electron chi connectivity index (χ1n) is 6.05. The highest BCUT2D eigenvalue weighted by atomic mass is 32.1. The van der Waals surface area contributed by atoms with Crippen molar-refractivity contribution in [2.24, 2.45) is 0 Å². The molecule has 88 valence electrons.